The molecule has 0 fully saturated rings. The second-order valence-corrected chi connectivity index (χ2v) is 7.66. The number of aromatic nitrogens is 1. The van der Waals surface area contributed by atoms with E-state index in [2.05, 4.69) is 40.8 Å². The summed E-state index contributed by atoms with van der Waals surface area (Å²) < 4.78 is 25.4. The average Bonchev–Trinajstić information content (AvgIpc) is 2.93. The van der Waals surface area contributed by atoms with Gasteiger partial charge < -0.3 is 9.88 Å². The molecule has 0 atom stereocenters. The molecule has 1 aromatic heterocycles. The number of sulfonamides is 1. The van der Waals surface area contributed by atoms with Crippen LogP contribution >= 0.6 is 0 Å². The predicted octanol–water partition coefficient (Wildman–Crippen LogP) is 1.75. The number of aromatic amines is 1. The highest BCUT2D eigenvalue weighted by atomic mass is 32.2. The molecule has 0 aliphatic heterocycles. The monoisotopic (exact) mass is 323 g/mol. The third-order valence-electron chi connectivity index (χ3n) is 4.11. The molecular weight excluding hydrogens is 298 g/mol. The second kappa shape index (κ2) is 7.26. The van der Waals surface area contributed by atoms with Crippen molar-refractivity contribution in [2.75, 3.05) is 32.9 Å². The molecule has 1 aromatic carbocycles. The molecule has 0 unspecified atom stereocenters. The molecule has 0 radical (unpaired) electrons. The summed E-state index contributed by atoms with van der Waals surface area (Å²) in [4.78, 5) is 5.57. The van der Waals surface area contributed by atoms with Gasteiger partial charge in [0.1, 0.15) is 0 Å². The van der Waals surface area contributed by atoms with E-state index in [1.807, 2.05) is 12.1 Å². The van der Waals surface area contributed by atoms with Gasteiger partial charge in [0.25, 0.3) is 0 Å². The summed E-state index contributed by atoms with van der Waals surface area (Å²) >= 11 is 0. The van der Waals surface area contributed by atoms with Crippen molar-refractivity contribution in [3.63, 3.8) is 0 Å². The summed E-state index contributed by atoms with van der Waals surface area (Å²) in [5.74, 6) is 0.118. The van der Waals surface area contributed by atoms with E-state index in [1.165, 1.54) is 18.0 Å². The number of rotatable bonds is 8. The van der Waals surface area contributed by atoms with E-state index in [0.29, 0.717) is 6.42 Å². The summed E-state index contributed by atoms with van der Waals surface area (Å²) in [6.45, 7) is 4.20. The van der Waals surface area contributed by atoms with Crippen LogP contribution in [0.3, 0.4) is 0 Å². The summed E-state index contributed by atoms with van der Waals surface area (Å²) in [7, 11) is 0.408. The van der Waals surface area contributed by atoms with Crippen molar-refractivity contribution >= 4 is 20.9 Å². The largest absolute Gasteiger partial charge is 0.361 e. The maximum Gasteiger partial charge on any atom is 0.211 e. The molecule has 0 aliphatic carbocycles. The van der Waals surface area contributed by atoms with Crippen molar-refractivity contribution in [3.05, 3.63) is 35.5 Å². The molecule has 1 heterocycles. The Morgan fingerprint density at radius 1 is 1.27 bits per heavy atom. The first kappa shape index (κ1) is 17.0. The van der Waals surface area contributed by atoms with Gasteiger partial charge in [-0.15, -0.1) is 0 Å². The second-order valence-electron chi connectivity index (χ2n) is 5.61. The number of nitrogens with one attached hydrogen (secondary N) is 2. The number of H-pyrrole nitrogens is 1. The Morgan fingerprint density at radius 2 is 2.05 bits per heavy atom. The smallest absolute Gasteiger partial charge is 0.211 e. The number of aryl methyl sites for hydroxylation is 1. The zero-order valence-corrected chi connectivity index (χ0v) is 14.3. The van der Waals surface area contributed by atoms with Gasteiger partial charge in [-0.25, -0.2) is 13.1 Å². The molecular formula is C16H25N3O2S. The van der Waals surface area contributed by atoms with Gasteiger partial charge in [0, 0.05) is 23.6 Å². The van der Waals surface area contributed by atoms with E-state index < -0.39 is 10.0 Å². The number of benzene rings is 1. The molecule has 6 heteroatoms. The van der Waals surface area contributed by atoms with Crippen LogP contribution in [0.2, 0.25) is 0 Å². The normalized spacial score (nSPS) is 12.4. The quantitative estimate of drug-likeness (QED) is 0.778. The van der Waals surface area contributed by atoms with Crippen LogP contribution in [0, 0.1) is 0 Å². The van der Waals surface area contributed by atoms with E-state index in [0.717, 1.165) is 30.6 Å². The third-order valence-corrected chi connectivity index (χ3v) is 5.47. The Morgan fingerprint density at radius 3 is 2.73 bits per heavy atom. The van der Waals surface area contributed by atoms with Crippen molar-refractivity contribution in [1.29, 1.82) is 0 Å². The van der Waals surface area contributed by atoms with Crippen molar-refractivity contribution in [1.82, 2.24) is 14.6 Å². The minimum Gasteiger partial charge on any atom is -0.361 e. The SMILES string of the molecule is CCN(C)CCc1c[nH]c2ccc(CCS(=O)(=O)NC)cc12. The summed E-state index contributed by atoms with van der Waals surface area (Å²) in [5.41, 5.74) is 3.44. The lowest BCUT2D eigenvalue weighted by Crippen LogP contribution is -2.23. The molecule has 0 spiro atoms. The lowest BCUT2D eigenvalue weighted by Gasteiger charge is -2.12. The van der Waals surface area contributed by atoms with Crippen molar-refractivity contribution in [2.45, 2.75) is 19.8 Å². The summed E-state index contributed by atoms with van der Waals surface area (Å²) in [6.07, 6.45) is 3.57. The van der Waals surface area contributed by atoms with Crippen LogP contribution in [-0.2, 0) is 22.9 Å². The van der Waals surface area contributed by atoms with Gasteiger partial charge in [-0.05, 0) is 56.7 Å². The molecule has 122 valence electrons. The first-order valence-electron chi connectivity index (χ1n) is 7.64. The average molecular weight is 323 g/mol. The van der Waals surface area contributed by atoms with Crippen LogP contribution in [0.1, 0.15) is 18.1 Å². The molecule has 0 bridgehead atoms. The Bertz CT molecular complexity index is 722. The van der Waals surface area contributed by atoms with Crippen LogP contribution in [0.5, 0.6) is 0 Å². The fourth-order valence-corrected chi connectivity index (χ4v) is 3.12. The van der Waals surface area contributed by atoms with Gasteiger partial charge in [-0.3, -0.25) is 0 Å². The number of nitrogens with zero attached hydrogens (tertiary/aromatic N) is 1. The zero-order chi connectivity index (χ0) is 16.2. The first-order valence-corrected chi connectivity index (χ1v) is 9.29. The predicted molar refractivity (Wildman–Crippen MR) is 91.7 cm³/mol. The Kier molecular flexibility index (Phi) is 5.61. The molecule has 5 nitrogen and oxygen atoms in total. The Balaban J connectivity index is 2.14. The van der Waals surface area contributed by atoms with Crippen LogP contribution in [0.4, 0.5) is 0 Å². The Hall–Kier alpha value is -1.37. The van der Waals surface area contributed by atoms with E-state index in [9.17, 15) is 8.42 Å². The third kappa shape index (κ3) is 4.32. The topological polar surface area (TPSA) is 65.2 Å². The molecule has 0 amide bonds. The van der Waals surface area contributed by atoms with E-state index in [-0.39, 0.29) is 5.75 Å². The van der Waals surface area contributed by atoms with Crippen LogP contribution in [0.25, 0.3) is 10.9 Å². The molecule has 0 aliphatic rings. The lowest BCUT2D eigenvalue weighted by atomic mass is 10.1. The molecule has 2 N–H and O–H groups in total. The number of hydrogen-bond acceptors (Lipinski definition) is 3. The molecule has 2 rings (SSSR count). The van der Waals surface area contributed by atoms with Gasteiger partial charge >= 0.3 is 0 Å². The highest BCUT2D eigenvalue weighted by molar-refractivity contribution is 7.89. The molecule has 2 aromatic rings. The van der Waals surface area contributed by atoms with Crippen molar-refractivity contribution in [2.24, 2.45) is 0 Å². The van der Waals surface area contributed by atoms with Crippen molar-refractivity contribution < 1.29 is 8.42 Å². The van der Waals surface area contributed by atoms with Gasteiger partial charge in [0.05, 0.1) is 5.75 Å². The lowest BCUT2D eigenvalue weighted by molar-refractivity contribution is 0.358. The standard InChI is InChI=1S/C16H25N3O2S/c1-4-19(3)9-7-14-12-18-16-6-5-13(11-15(14)16)8-10-22(20,21)17-2/h5-6,11-12,17-18H,4,7-10H2,1-3H3. The number of hydrogen-bond donors (Lipinski definition) is 2. The maximum atomic E-state index is 11.5. The zero-order valence-electron chi connectivity index (χ0n) is 13.5. The Labute approximate surface area is 132 Å². The summed E-state index contributed by atoms with van der Waals surface area (Å²) in [6, 6.07) is 6.13. The first-order chi connectivity index (χ1) is 10.4. The number of fused-ring (bicyclic) bond motifs is 1. The summed E-state index contributed by atoms with van der Waals surface area (Å²) in [5, 5.41) is 1.20. The maximum absolute atomic E-state index is 11.5. The van der Waals surface area contributed by atoms with E-state index in [4.69, 9.17) is 0 Å². The molecule has 0 saturated heterocycles. The van der Waals surface area contributed by atoms with Gasteiger partial charge in [-0.2, -0.15) is 0 Å². The van der Waals surface area contributed by atoms with E-state index >= 15 is 0 Å². The number of likely N-dealkylation sites (N-methyl/N-ethyl adjacent to an activating group) is 1. The highest BCUT2D eigenvalue weighted by Crippen LogP contribution is 2.21. The van der Waals surface area contributed by atoms with Gasteiger partial charge in [0.15, 0.2) is 0 Å². The minimum atomic E-state index is -3.16. The van der Waals surface area contributed by atoms with Crippen LogP contribution < -0.4 is 4.72 Å². The fraction of sp³-hybridized carbons (Fsp3) is 0.500. The minimum absolute atomic E-state index is 0.118. The highest BCUT2D eigenvalue weighted by Gasteiger charge is 2.09. The molecule has 0 saturated carbocycles. The van der Waals surface area contributed by atoms with Gasteiger partial charge in [-0.1, -0.05) is 13.0 Å². The van der Waals surface area contributed by atoms with E-state index in [1.54, 1.807) is 0 Å². The molecule has 22 heavy (non-hydrogen) atoms. The van der Waals surface area contributed by atoms with Crippen LogP contribution in [0.15, 0.2) is 24.4 Å². The van der Waals surface area contributed by atoms with Crippen molar-refractivity contribution in [3.8, 4) is 0 Å². The van der Waals surface area contributed by atoms with Gasteiger partial charge in [0.2, 0.25) is 10.0 Å². The van der Waals surface area contributed by atoms with Crippen LogP contribution in [-0.4, -0.2) is 51.2 Å². The fourth-order valence-electron chi connectivity index (χ4n) is 2.41.